The van der Waals surface area contributed by atoms with E-state index in [1.54, 1.807) is 6.07 Å². The van der Waals surface area contributed by atoms with E-state index in [0.717, 1.165) is 22.0 Å². The van der Waals surface area contributed by atoms with E-state index in [2.05, 4.69) is 4.98 Å². The SMILES string of the molecule is NCc1ccc2c(CO)cc(Cl)nc2c1. The number of aliphatic hydroxyl groups is 1. The van der Waals surface area contributed by atoms with Crippen LogP contribution in [-0.4, -0.2) is 10.1 Å². The number of rotatable bonds is 2. The number of halogens is 1. The van der Waals surface area contributed by atoms with Crippen LogP contribution in [0.5, 0.6) is 0 Å². The van der Waals surface area contributed by atoms with Crippen LogP contribution in [0, 0.1) is 0 Å². The van der Waals surface area contributed by atoms with Crippen molar-refractivity contribution in [2.24, 2.45) is 5.73 Å². The van der Waals surface area contributed by atoms with Crippen LogP contribution in [0.25, 0.3) is 10.9 Å². The van der Waals surface area contributed by atoms with Gasteiger partial charge in [-0.15, -0.1) is 0 Å². The van der Waals surface area contributed by atoms with Crippen LogP contribution in [0.4, 0.5) is 0 Å². The molecule has 78 valence electrons. The monoisotopic (exact) mass is 222 g/mol. The number of pyridine rings is 1. The van der Waals surface area contributed by atoms with Crippen LogP contribution < -0.4 is 5.73 Å². The summed E-state index contributed by atoms with van der Waals surface area (Å²) in [7, 11) is 0. The number of benzene rings is 1. The number of hydrogen-bond acceptors (Lipinski definition) is 3. The van der Waals surface area contributed by atoms with Crippen molar-refractivity contribution < 1.29 is 5.11 Å². The van der Waals surface area contributed by atoms with Gasteiger partial charge in [0.25, 0.3) is 0 Å². The largest absolute Gasteiger partial charge is 0.392 e. The number of aromatic nitrogens is 1. The summed E-state index contributed by atoms with van der Waals surface area (Å²) in [6.07, 6.45) is 0. The Kier molecular flexibility index (Phi) is 2.86. The number of fused-ring (bicyclic) bond motifs is 1. The summed E-state index contributed by atoms with van der Waals surface area (Å²) in [5.74, 6) is 0. The van der Waals surface area contributed by atoms with Crippen LogP contribution in [0.1, 0.15) is 11.1 Å². The second-order valence-corrected chi connectivity index (χ2v) is 3.71. The van der Waals surface area contributed by atoms with Gasteiger partial charge in [-0.25, -0.2) is 4.98 Å². The predicted octanol–water partition coefficient (Wildman–Crippen LogP) is 1.84. The summed E-state index contributed by atoms with van der Waals surface area (Å²) in [5, 5.41) is 10.5. The molecule has 0 saturated heterocycles. The molecule has 0 unspecified atom stereocenters. The van der Waals surface area contributed by atoms with Gasteiger partial charge in [0.2, 0.25) is 0 Å². The van der Waals surface area contributed by atoms with E-state index in [9.17, 15) is 5.11 Å². The average molecular weight is 223 g/mol. The molecule has 2 aromatic rings. The molecule has 15 heavy (non-hydrogen) atoms. The Morgan fingerprint density at radius 3 is 2.80 bits per heavy atom. The van der Waals surface area contributed by atoms with Gasteiger partial charge in [-0.1, -0.05) is 23.7 Å². The van der Waals surface area contributed by atoms with Crippen LogP contribution in [0.2, 0.25) is 5.15 Å². The van der Waals surface area contributed by atoms with Crippen molar-refractivity contribution >= 4 is 22.5 Å². The van der Waals surface area contributed by atoms with Crippen molar-refractivity contribution in [3.8, 4) is 0 Å². The number of nitrogens with zero attached hydrogens (tertiary/aromatic N) is 1. The lowest BCUT2D eigenvalue weighted by atomic mass is 10.1. The summed E-state index contributed by atoms with van der Waals surface area (Å²) in [5.41, 5.74) is 8.10. The average Bonchev–Trinajstić information content (AvgIpc) is 2.26. The van der Waals surface area contributed by atoms with E-state index in [1.807, 2.05) is 18.2 Å². The molecule has 0 amide bonds. The van der Waals surface area contributed by atoms with Gasteiger partial charge in [0.1, 0.15) is 5.15 Å². The van der Waals surface area contributed by atoms with Gasteiger partial charge < -0.3 is 10.8 Å². The molecule has 1 aromatic carbocycles. The Hall–Kier alpha value is -1.16. The van der Waals surface area contributed by atoms with Crippen molar-refractivity contribution in [2.75, 3.05) is 0 Å². The van der Waals surface area contributed by atoms with E-state index in [1.165, 1.54) is 0 Å². The molecule has 0 bridgehead atoms. The van der Waals surface area contributed by atoms with Gasteiger partial charge in [0, 0.05) is 11.9 Å². The summed E-state index contributed by atoms with van der Waals surface area (Å²) in [4.78, 5) is 4.19. The predicted molar refractivity (Wildman–Crippen MR) is 60.6 cm³/mol. The third kappa shape index (κ3) is 1.95. The molecule has 0 fully saturated rings. The Morgan fingerprint density at radius 2 is 2.13 bits per heavy atom. The van der Waals surface area contributed by atoms with Gasteiger partial charge >= 0.3 is 0 Å². The molecule has 0 radical (unpaired) electrons. The van der Waals surface area contributed by atoms with Crippen molar-refractivity contribution in [3.63, 3.8) is 0 Å². The molecular formula is C11H11ClN2O. The zero-order valence-electron chi connectivity index (χ0n) is 8.07. The molecule has 0 aliphatic rings. The lowest BCUT2D eigenvalue weighted by Gasteiger charge is -2.05. The number of nitrogens with two attached hydrogens (primary N) is 1. The van der Waals surface area contributed by atoms with Crippen LogP contribution in [0.3, 0.4) is 0 Å². The minimum atomic E-state index is -0.0410. The Morgan fingerprint density at radius 1 is 1.33 bits per heavy atom. The van der Waals surface area contributed by atoms with Gasteiger partial charge in [-0.05, 0) is 23.3 Å². The van der Waals surface area contributed by atoms with Crippen molar-refractivity contribution in [2.45, 2.75) is 13.2 Å². The highest BCUT2D eigenvalue weighted by Crippen LogP contribution is 2.22. The van der Waals surface area contributed by atoms with Crippen molar-refractivity contribution in [1.29, 1.82) is 0 Å². The Labute approximate surface area is 92.5 Å². The molecule has 0 aliphatic carbocycles. The van der Waals surface area contributed by atoms with Gasteiger partial charge in [-0.2, -0.15) is 0 Å². The Balaban J connectivity index is 2.72. The third-order valence-electron chi connectivity index (χ3n) is 2.33. The second kappa shape index (κ2) is 4.14. The molecule has 2 rings (SSSR count). The first-order valence-corrected chi connectivity index (χ1v) is 5.01. The molecule has 0 saturated carbocycles. The summed E-state index contributed by atoms with van der Waals surface area (Å²) < 4.78 is 0. The minimum absolute atomic E-state index is 0.0410. The maximum Gasteiger partial charge on any atom is 0.130 e. The van der Waals surface area contributed by atoms with E-state index < -0.39 is 0 Å². The molecule has 3 N–H and O–H groups in total. The molecule has 0 aliphatic heterocycles. The summed E-state index contributed by atoms with van der Waals surface area (Å²) in [6.45, 7) is 0.430. The van der Waals surface area contributed by atoms with E-state index in [-0.39, 0.29) is 6.61 Å². The molecule has 1 heterocycles. The van der Waals surface area contributed by atoms with Gasteiger partial charge in [-0.3, -0.25) is 0 Å². The maximum absolute atomic E-state index is 9.18. The van der Waals surface area contributed by atoms with E-state index >= 15 is 0 Å². The fourth-order valence-corrected chi connectivity index (χ4v) is 1.79. The fourth-order valence-electron chi connectivity index (χ4n) is 1.57. The molecule has 4 heteroatoms. The van der Waals surface area contributed by atoms with Crippen LogP contribution >= 0.6 is 11.6 Å². The summed E-state index contributed by atoms with van der Waals surface area (Å²) >= 11 is 5.84. The standard InChI is InChI=1S/C11H11ClN2O/c12-11-4-8(6-15)9-2-1-7(5-13)3-10(9)14-11/h1-4,15H,5-6,13H2. The van der Waals surface area contributed by atoms with Crippen LogP contribution in [-0.2, 0) is 13.2 Å². The molecule has 1 aromatic heterocycles. The molecular weight excluding hydrogens is 212 g/mol. The zero-order valence-corrected chi connectivity index (χ0v) is 8.83. The lowest BCUT2D eigenvalue weighted by Crippen LogP contribution is -1.97. The number of aliphatic hydroxyl groups excluding tert-OH is 1. The number of hydrogen-bond donors (Lipinski definition) is 2. The fraction of sp³-hybridized carbons (Fsp3) is 0.182. The first-order valence-electron chi connectivity index (χ1n) is 4.63. The molecule has 0 atom stereocenters. The third-order valence-corrected chi connectivity index (χ3v) is 2.53. The van der Waals surface area contributed by atoms with E-state index in [4.69, 9.17) is 17.3 Å². The highest BCUT2D eigenvalue weighted by molar-refractivity contribution is 6.29. The molecule has 0 spiro atoms. The van der Waals surface area contributed by atoms with E-state index in [0.29, 0.717) is 11.7 Å². The van der Waals surface area contributed by atoms with Gasteiger partial charge in [0.15, 0.2) is 0 Å². The van der Waals surface area contributed by atoms with Crippen LogP contribution in [0.15, 0.2) is 24.3 Å². The highest BCUT2D eigenvalue weighted by atomic mass is 35.5. The zero-order chi connectivity index (χ0) is 10.8. The first kappa shape index (κ1) is 10.4. The topological polar surface area (TPSA) is 59.1 Å². The first-order chi connectivity index (χ1) is 7.24. The lowest BCUT2D eigenvalue weighted by molar-refractivity contribution is 0.283. The van der Waals surface area contributed by atoms with Crippen molar-refractivity contribution in [3.05, 3.63) is 40.5 Å². The quantitative estimate of drug-likeness (QED) is 0.763. The smallest absolute Gasteiger partial charge is 0.130 e. The maximum atomic E-state index is 9.18. The molecule has 3 nitrogen and oxygen atoms in total. The second-order valence-electron chi connectivity index (χ2n) is 3.32. The normalized spacial score (nSPS) is 10.9. The minimum Gasteiger partial charge on any atom is -0.392 e. The van der Waals surface area contributed by atoms with Crippen molar-refractivity contribution in [1.82, 2.24) is 4.98 Å². The highest BCUT2D eigenvalue weighted by Gasteiger charge is 2.04. The Bertz CT molecular complexity index is 499. The van der Waals surface area contributed by atoms with Gasteiger partial charge in [0.05, 0.1) is 12.1 Å². The summed E-state index contributed by atoms with van der Waals surface area (Å²) in [6, 6.07) is 7.40.